The molecule has 0 radical (unpaired) electrons. The first kappa shape index (κ1) is 10.2. The molecule has 1 aliphatic heterocycles. The smallest absolute Gasteiger partial charge is 0.0991 e. The average Bonchev–Trinajstić information content (AvgIpc) is 2.96. The van der Waals surface area contributed by atoms with Gasteiger partial charge in [-0.25, -0.2) is 0 Å². The zero-order valence-corrected chi connectivity index (χ0v) is 9.69. The molecule has 2 nitrogen and oxygen atoms in total. The van der Waals surface area contributed by atoms with Gasteiger partial charge in [-0.1, -0.05) is 12.1 Å². The fourth-order valence-electron chi connectivity index (χ4n) is 2.46. The molecule has 1 saturated heterocycles. The van der Waals surface area contributed by atoms with Crippen LogP contribution in [0.3, 0.4) is 0 Å². The number of rotatable bonds is 1. The van der Waals surface area contributed by atoms with E-state index in [1.807, 2.05) is 24.3 Å². The second kappa shape index (κ2) is 4.10. The summed E-state index contributed by atoms with van der Waals surface area (Å²) in [6, 6.07) is 14.5. The minimum Gasteiger partial charge on any atom is -0.372 e. The number of nitrogens with zero attached hydrogens (tertiary/aromatic N) is 2. The van der Waals surface area contributed by atoms with Crippen molar-refractivity contribution in [1.29, 1.82) is 5.26 Å². The van der Waals surface area contributed by atoms with E-state index in [0.717, 1.165) is 0 Å². The predicted molar refractivity (Wildman–Crippen MR) is 69.2 cm³/mol. The maximum atomic E-state index is 8.86. The molecule has 0 bridgehead atoms. The highest BCUT2D eigenvalue weighted by Gasteiger charge is 2.15. The molecule has 84 valence electrons. The van der Waals surface area contributed by atoms with Gasteiger partial charge in [-0.15, -0.1) is 0 Å². The first-order valence-electron chi connectivity index (χ1n) is 6.06. The maximum absolute atomic E-state index is 8.86. The first-order chi connectivity index (χ1) is 8.36. The van der Waals surface area contributed by atoms with E-state index >= 15 is 0 Å². The molecule has 2 aliphatic carbocycles. The standard InChI is InChI=1S/C15H14N2/c16-11-12-3-5-13-9-15(10-14(13)6-4-12)17-7-1-2-8-17/h3-6,9-10H,1-2,7-8H2. The summed E-state index contributed by atoms with van der Waals surface area (Å²) in [6.07, 6.45) is 2.60. The van der Waals surface area contributed by atoms with Crippen molar-refractivity contribution in [2.45, 2.75) is 12.8 Å². The summed E-state index contributed by atoms with van der Waals surface area (Å²) in [5.74, 6) is 0. The summed E-state index contributed by atoms with van der Waals surface area (Å²) >= 11 is 0. The Hall–Kier alpha value is -2.01. The van der Waals surface area contributed by atoms with E-state index < -0.39 is 0 Å². The van der Waals surface area contributed by atoms with Crippen molar-refractivity contribution in [2.75, 3.05) is 18.0 Å². The highest BCUT2D eigenvalue weighted by Crippen LogP contribution is 2.32. The Bertz CT molecular complexity index is 514. The molecule has 0 aromatic carbocycles. The van der Waals surface area contributed by atoms with Crippen molar-refractivity contribution < 1.29 is 0 Å². The molecule has 3 rings (SSSR count). The summed E-state index contributed by atoms with van der Waals surface area (Å²) in [5.41, 5.74) is 4.47. The summed E-state index contributed by atoms with van der Waals surface area (Å²) in [6.45, 7) is 2.35. The molecule has 0 aromatic heterocycles. The molecule has 0 atom stereocenters. The number of hydrogen-bond donors (Lipinski definition) is 0. The predicted octanol–water partition coefficient (Wildman–Crippen LogP) is 3.26. The van der Waals surface area contributed by atoms with Crippen LogP contribution in [0.1, 0.15) is 18.4 Å². The second-order valence-corrected chi connectivity index (χ2v) is 4.55. The van der Waals surface area contributed by atoms with Crippen LogP contribution in [0.25, 0.3) is 11.1 Å². The van der Waals surface area contributed by atoms with Gasteiger partial charge >= 0.3 is 0 Å². The molecule has 2 heteroatoms. The maximum Gasteiger partial charge on any atom is 0.0991 e. The molecule has 0 N–H and O–H groups in total. The summed E-state index contributed by atoms with van der Waals surface area (Å²) in [4.78, 5) is 2.44. The van der Waals surface area contributed by atoms with Gasteiger partial charge in [0, 0.05) is 18.8 Å². The van der Waals surface area contributed by atoms with Crippen molar-refractivity contribution in [3.8, 4) is 17.2 Å². The van der Waals surface area contributed by atoms with E-state index in [0.29, 0.717) is 5.56 Å². The zero-order valence-electron chi connectivity index (χ0n) is 9.69. The molecular formula is C15H14N2. The first-order valence-corrected chi connectivity index (χ1v) is 6.06. The van der Waals surface area contributed by atoms with Gasteiger partial charge in [-0.3, -0.25) is 0 Å². The Labute approximate surface area is 101 Å². The largest absolute Gasteiger partial charge is 0.372 e. The minimum atomic E-state index is 0.712. The van der Waals surface area contributed by atoms with Crippen molar-refractivity contribution in [3.05, 3.63) is 42.0 Å². The van der Waals surface area contributed by atoms with E-state index in [1.165, 1.54) is 42.7 Å². The van der Waals surface area contributed by atoms with Crippen molar-refractivity contribution in [3.63, 3.8) is 0 Å². The number of hydrogen-bond acceptors (Lipinski definition) is 2. The van der Waals surface area contributed by atoms with Gasteiger partial charge in [-0.05, 0) is 48.2 Å². The number of anilines is 1. The number of fused-ring (bicyclic) bond motifs is 1. The molecular weight excluding hydrogens is 208 g/mol. The fraction of sp³-hybridized carbons (Fsp3) is 0.267. The van der Waals surface area contributed by atoms with Crippen molar-refractivity contribution in [2.24, 2.45) is 0 Å². The Balaban J connectivity index is 2.03. The van der Waals surface area contributed by atoms with Crippen LogP contribution < -0.4 is 4.90 Å². The monoisotopic (exact) mass is 222 g/mol. The van der Waals surface area contributed by atoms with Crippen LogP contribution in [0, 0.1) is 11.3 Å². The molecule has 0 aromatic rings. The molecule has 3 aliphatic rings. The van der Waals surface area contributed by atoms with Gasteiger partial charge in [0.05, 0.1) is 11.6 Å². The summed E-state index contributed by atoms with van der Waals surface area (Å²) in [5, 5.41) is 8.86. The van der Waals surface area contributed by atoms with E-state index in [9.17, 15) is 0 Å². The topological polar surface area (TPSA) is 27.0 Å². The van der Waals surface area contributed by atoms with E-state index in [4.69, 9.17) is 5.26 Å². The highest BCUT2D eigenvalue weighted by atomic mass is 15.1. The SMILES string of the molecule is N#Cc1ccc2cc(N3CCCC3)cc-2cc1. The molecule has 0 saturated carbocycles. The Morgan fingerprint density at radius 1 is 0.941 bits per heavy atom. The van der Waals surface area contributed by atoms with Gasteiger partial charge in [0.25, 0.3) is 0 Å². The van der Waals surface area contributed by atoms with Gasteiger partial charge in [0.1, 0.15) is 0 Å². The van der Waals surface area contributed by atoms with Crippen molar-refractivity contribution >= 4 is 5.69 Å². The lowest BCUT2D eigenvalue weighted by Crippen LogP contribution is -2.16. The van der Waals surface area contributed by atoms with Crippen molar-refractivity contribution in [1.82, 2.24) is 0 Å². The Morgan fingerprint density at radius 2 is 1.53 bits per heavy atom. The molecule has 17 heavy (non-hydrogen) atoms. The molecule has 1 fully saturated rings. The van der Waals surface area contributed by atoms with E-state index in [2.05, 4.69) is 23.1 Å². The van der Waals surface area contributed by atoms with E-state index in [1.54, 1.807) is 0 Å². The van der Waals surface area contributed by atoms with Gasteiger partial charge in [0.2, 0.25) is 0 Å². The Kier molecular flexibility index (Phi) is 2.45. The van der Waals surface area contributed by atoms with Gasteiger partial charge in [0.15, 0.2) is 0 Å². The number of nitriles is 1. The lowest BCUT2D eigenvalue weighted by atomic mass is 10.2. The minimum absolute atomic E-state index is 0.712. The molecule has 0 amide bonds. The van der Waals surface area contributed by atoms with Crippen LogP contribution in [-0.4, -0.2) is 13.1 Å². The molecule has 1 heterocycles. The normalized spacial score (nSPS) is 15.1. The third-order valence-electron chi connectivity index (χ3n) is 3.43. The van der Waals surface area contributed by atoms with Crippen LogP contribution in [0.15, 0.2) is 36.4 Å². The molecule has 0 unspecified atom stereocenters. The van der Waals surface area contributed by atoms with Crippen LogP contribution >= 0.6 is 0 Å². The summed E-state index contributed by atoms with van der Waals surface area (Å²) in [7, 11) is 0. The van der Waals surface area contributed by atoms with Crippen LogP contribution in [0.2, 0.25) is 0 Å². The third kappa shape index (κ3) is 1.85. The van der Waals surface area contributed by atoms with Crippen LogP contribution in [0.5, 0.6) is 0 Å². The van der Waals surface area contributed by atoms with Gasteiger partial charge in [-0.2, -0.15) is 5.26 Å². The second-order valence-electron chi connectivity index (χ2n) is 4.55. The van der Waals surface area contributed by atoms with Crippen LogP contribution in [0.4, 0.5) is 5.69 Å². The quantitative estimate of drug-likeness (QED) is 0.740. The molecule has 0 spiro atoms. The summed E-state index contributed by atoms with van der Waals surface area (Å²) < 4.78 is 0. The zero-order chi connectivity index (χ0) is 11.7. The van der Waals surface area contributed by atoms with E-state index in [-0.39, 0.29) is 0 Å². The highest BCUT2D eigenvalue weighted by molar-refractivity contribution is 5.76. The lowest BCUT2D eigenvalue weighted by Gasteiger charge is -2.14. The third-order valence-corrected chi connectivity index (χ3v) is 3.43. The fourth-order valence-corrected chi connectivity index (χ4v) is 2.46. The van der Waals surface area contributed by atoms with Crippen LogP contribution in [-0.2, 0) is 0 Å². The lowest BCUT2D eigenvalue weighted by molar-refractivity contribution is 0.949. The van der Waals surface area contributed by atoms with Gasteiger partial charge < -0.3 is 4.90 Å². The average molecular weight is 222 g/mol. The Morgan fingerprint density at radius 3 is 2.06 bits per heavy atom.